The third kappa shape index (κ3) is 4.06. The van der Waals surface area contributed by atoms with Gasteiger partial charge in [0.05, 0.1) is 5.39 Å². The Labute approximate surface area is 274 Å². The fourth-order valence-electron chi connectivity index (χ4n) is 6.83. The molecule has 0 unspecified atom stereocenters. The van der Waals surface area contributed by atoms with Crippen molar-refractivity contribution in [3.05, 3.63) is 146 Å². The van der Waals surface area contributed by atoms with E-state index in [-0.39, 0.29) is 0 Å². The van der Waals surface area contributed by atoms with Gasteiger partial charge in [0.2, 0.25) is 5.71 Å². The lowest BCUT2D eigenvalue weighted by Crippen LogP contribution is -2.00. The summed E-state index contributed by atoms with van der Waals surface area (Å²) in [6.45, 7) is 0. The SMILES string of the molecule is c1ccc(-c2nc(-c3ccccc3)nc(-c3ccnc4oc5c(-c6cccc7oc8c9ccccc9ccc8c67)cccc5c34)n2)cc1. The first-order valence-electron chi connectivity index (χ1n) is 15.8. The summed E-state index contributed by atoms with van der Waals surface area (Å²) in [6, 6.07) is 47.0. The van der Waals surface area contributed by atoms with Gasteiger partial charge in [-0.25, -0.2) is 19.9 Å². The van der Waals surface area contributed by atoms with Crippen LogP contribution in [0.1, 0.15) is 0 Å². The maximum atomic E-state index is 6.62. The van der Waals surface area contributed by atoms with E-state index >= 15 is 0 Å². The summed E-state index contributed by atoms with van der Waals surface area (Å²) in [4.78, 5) is 19.6. The molecule has 10 rings (SSSR count). The van der Waals surface area contributed by atoms with Crippen molar-refractivity contribution in [3.63, 3.8) is 0 Å². The van der Waals surface area contributed by atoms with Gasteiger partial charge in [-0.3, -0.25) is 0 Å². The first-order valence-corrected chi connectivity index (χ1v) is 15.8. The van der Waals surface area contributed by atoms with Gasteiger partial charge >= 0.3 is 0 Å². The molecule has 0 aliphatic heterocycles. The summed E-state index contributed by atoms with van der Waals surface area (Å²) in [6.07, 6.45) is 1.75. The van der Waals surface area contributed by atoms with Crippen LogP contribution in [0.5, 0.6) is 0 Å². The number of para-hydroxylation sites is 1. The van der Waals surface area contributed by atoms with Gasteiger partial charge in [0.15, 0.2) is 17.5 Å². The van der Waals surface area contributed by atoms with Crippen molar-refractivity contribution in [2.24, 2.45) is 0 Å². The minimum Gasteiger partial charge on any atom is -0.455 e. The molecule has 6 heteroatoms. The third-order valence-corrected chi connectivity index (χ3v) is 9.02. The molecular formula is C42H24N4O2. The van der Waals surface area contributed by atoms with Crippen molar-refractivity contribution >= 4 is 54.8 Å². The summed E-state index contributed by atoms with van der Waals surface area (Å²) in [7, 11) is 0. The molecule has 6 nitrogen and oxygen atoms in total. The number of aromatic nitrogens is 4. The van der Waals surface area contributed by atoms with E-state index in [1.54, 1.807) is 6.20 Å². The molecule has 0 saturated heterocycles. The molecule has 0 atom stereocenters. The Morgan fingerprint density at radius 2 is 1.04 bits per heavy atom. The maximum Gasteiger partial charge on any atom is 0.228 e. The lowest BCUT2D eigenvalue weighted by Gasteiger charge is -2.09. The lowest BCUT2D eigenvalue weighted by atomic mass is 9.96. The van der Waals surface area contributed by atoms with Crippen molar-refractivity contribution in [2.75, 3.05) is 0 Å². The minimum atomic E-state index is 0.521. The third-order valence-electron chi connectivity index (χ3n) is 9.02. The van der Waals surface area contributed by atoms with Crippen LogP contribution in [0.4, 0.5) is 0 Å². The Hall–Kier alpha value is -6.66. The Morgan fingerprint density at radius 1 is 0.396 bits per heavy atom. The summed E-state index contributed by atoms with van der Waals surface area (Å²) >= 11 is 0. The van der Waals surface area contributed by atoms with Gasteiger partial charge in [-0.1, -0.05) is 121 Å². The number of pyridine rings is 1. The predicted molar refractivity (Wildman–Crippen MR) is 191 cm³/mol. The van der Waals surface area contributed by atoms with Gasteiger partial charge in [-0.05, 0) is 29.1 Å². The number of furan rings is 2. The zero-order valence-corrected chi connectivity index (χ0v) is 25.5. The lowest BCUT2D eigenvalue weighted by molar-refractivity contribution is 0.655. The van der Waals surface area contributed by atoms with Gasteiger partial charge in [0.1, 0.15) is 16.7 Å². The second kappa shape index (κ2) is 10.4. The molecule has 48 heavy (non-hydrogen) atoms. The van der Waals surface area contributed by atoms with Crippen molar-refractivity contribution in [1.29, 1.82) is 0 Å². The molecule has 0 amide bonds. The molecule has 0 spiro atoms. The van der Waals surface area contributed by atoms with Crippen LogP contribution in [-0.2, 0) is 0 Å². The van der Waals surface area contributed by atoms with Gasteiger partial charge in [-0.15, -0.1) is 0 Å². The van der Waals surface area contributed by atoms with Gasteiger partial charge in [0.25, 0.3) is 0 Å². The maximum absolute atomic E-state index is 6.62. The molecule has 0 aliphatic rings. The quantitative estimate of drug-likeness (QED) is 0.196. The van der Waals surface area contributed by atoms with Crippen LogP contribution in [0.15, 0.2) is 155 Å². The number of rotatable bonds is 4. The molecule has 4 aromatic heterocycles. The van der Waals surface area contributed by atoms with E-state index in [0.29, 0.717) is 23.2 Å². The van der Waals surface area contributed by atoms with Crippen LogP contribution < -0.4 is 0 Å². The fraction of sp³-hybridized carbons (Fsp3) is 0. The van der Waals surface area contributed by atoms with Crippen molar-refractivity contribution in [3.8, 4) is 45.3 Å². The zero-order chi connectivity index (χ0) is 31.6. The first-order chi connectivity index (χ1) is 23.8. The highest BCUT2D eigenvalue weighted by Crippen LogP contribution is 2.44. The van der Waals surface area contributed by atoms with Gasteiger partial charge in [0, 0.05) is 50.0 Å². The Morgan fingerprint density at radius 3 is 1.83 bits per heavy atom. The monoisotopic (exact) mass is 616 g/mol. The second-order valence-electron chi connectivity index (χ2n) is 11.8. The summed E-state index contributed by atoms with van der Waals surface area (Å²) in [5, 5.41) is 6.15. The van der Waals surface area contributed by atoms with Crippen LogP contribution in [0.25, 0.3) is 100 Å². The minimum absolute atomic E-state index is 0.521. The highest BCUT2D eigenvalue weighted by atomic mass is 16.3. The molecule has 6 aromatic carbocycles. The van der Waals surface area contributed by atoms with E-state index in [1.807, 2.05) is 84.9 Å². The topological polar surface area (TPSA) is 77.8 Å². The molecule has 0 radical (unpaired) electrons. The van der Waals surface area contributed by atoms with Crippen molar-refractivity contribution in [1.82, 2.24) is 19.9 Å². The van der Waals surface area contributed by atoms with Crippen LogP contribution in [-0.4, -0.2) is 19.9 Å². The predicted octanol–water partition coefficient (Wildman–Crippen LogP) is 10.9. The number of fused-ring (bicyclic) bond motifs is 8. The standard InChI is InChI=1S/C42H24N4O2/c1-3-12-26(13-4-1)39-44-40(27-14-5-2-6-15-27)46-41(45-39)33-23-24-43-42-36(33)31-19-9-18-30(38(31)48-42)29-17-10-20-34-35(29)32-22-21-25-11-7-8-16-28(25)37(32)47-34/h1-24H. The average molecular weight is 617 g/mol. The largest absolute Gasteiger partial charge is 0.455 e. The molecule has 0 bridgehead atoms. The summed E-state index contributed by atoms with van der Waals surface area (Å²) < 4.78 is 13.1. The normalized spacial score (nSPS) is 11.8. The van der Waals surface area contributed by atoms with Gasteiger partial charge in [-0.2, -0.15) is 0 Å². The van der Waals surface area contributed by atoms with Crippen LogP contribution in [0.3, 0.4) is 0 Å². The second-order valence-corrected chi connectivity index (χ2v) is 11.8. The molecule has 0 N–H and O–H groups in total. The van der Waals surface area contributed by atoms with E-state index in [1.165, 1.54) is 0 Å². The van der Waals surface area contributed by atoms with Crippen molar-refractivity contribution in [2.45, 2.75) is 0 Å². The molecule has 0 fully saturated rings. The van der Waals surface area contributed by atoms with E-state index < -0.39 is 0 Å². The van der Waals surface area contributed by atoms with E-state index in [4.69, 9.17) is 23.8 Å². The van der Waals surface area contributed by atoms with Crippen LogP contribution >= 0.6 is 0 Å². The smallest absolute Gasteiger partial charge is 0.228 e. The molecular weight excluding hydrogens is 592 g/mol. The average Bonchev–Trinajstić information content (AvgIpc) is 3.74. The Balaban J connectivity index is 1.22. The number of benzene rings is 6. The highest BCUT2D eigenvalue weighted by molar-refractivity contribution is 6.21. The van der Waals surface area contributed by atoms with Crippen molar-refractivity contribution < 1.29 is 8.83 Å². The molecule has 10 aromatic rings. The first kappa shape index (κ1) is 26.5. The molecule has 0 saturated carbocycles. The Bertz CT molecular complexity index is 2780. The Kier molecular flexibility index (Phi) is 5.77. The zero-order valence-electron chi connectivity index (χ0n) is 25.5. The van der Waals surface area contributed by atoms with Gasteiger partial charge < -0.3 is 8.83 Å². The van der Waals surface area contributed by atoms with E-state index in [2.05, 4.69) is 59.6 Å². The highest BCUT2D eigenvalue weighted by Gasteiger charge is 2.22. The van der Waals surface area contributed by atoms with Crippen LogP contribution in [0, 0.1) is 0 Å². The number of hydrogen-bond donors (Lipinski definition) is 0. The molecule has 0 aliphatic carbocycles. The summed E-state index contributed by atoms with van der Waals surface area (Å²) in [5.74, 6) is 1.76. The summed E-state index contributed by atoms with van der Waals surface area (Å²) in [5.41, 5.74) is 7.63. The van der Waals surface area contributed by atoms with E-state index in [9.17, 15) is 0 Å². The number of hydrogen-bond acceptors (Lipinski definition) is 6. The van der Waals surface area contributed by atoms with Crippen LogP contribution in [0.2, 0.25) is 0 Å². The molecule has 224 valence electrons. The number of nitrogens with zero attached hydrogens (tertiary/aromatic N) is 4. The fourth-order valence-corrected chi connectivity index (χ4v) is 6.83. The van der Waals surface area contributed by atoms with E-state index in [0.717, 1.165) is 76.9 Å². The molecule has 4 heterocycles.